The van der Waals surface area contributed by atoms with Gasteiger partial charge in [0.15, 0.2) is 11.6 Å². The summed E-state index contributed by atoms with van der Waals surface area (Å²) in [7, 11) is 1.10. The zero-order valence-electron chi connectivity index (χ0n) is 7.99. The van der Waals surface area contributed by atoms with Crippen LogP contribution in [0.3, 0.4) is 0 Å². The molecule has 0 heterocycles. The predicted octanol–water partition coefficient (Wildman–Crippen LogP) is 2.59. The molecule has 0 aromatic heterocycles. The van der Waals surface area contributed by atoms with E-state index in [0.29, 0.717) is 0 Å². The lowest BCUT2D eigenvalue weighted by Gasteiger charge is -2.05. The van der Waals surface area contributed by atoms with Crippen LogP contribution in [0.15, 0.2) is 17.1 Å². The van der Waals surface area contributed by atoms with E-state index >= 15 is 0 Å². The van der Waals surface area contributed by atoms with Gasteiger partial charge in [-0.25, -0.2) is 14.0 Å². The number of isocyanates is 1. The van der Waals surface area contributed by atoms with Crippen LogP contribution >= 0.6 is 11.6 Å². The summed E-state index contributed by atoms with van der Waals surface area (Å²) in [6.45, 7) is 0. The topological polar surface area (TPSA) is 65.0 Å². The Morgan fingerprint density at radius 2 is 2.25 bits per heavy atom. The highest BCUT2D eigenvalue weighted by atomic mass is 35.5. The summed E-state index contributed by atoms with van der Waals surface area (Å²) in [6, 6.07) is 1.84. The van der Waals surface area contributed by atoms with Crippen LogP contribution < -0.4 is 4.74 Å². The number of aliphatic imine (C=N–C) groups is 1. The second kappa shape index (κ2) is 5.25. The van der Waals surface area contributed by atoms with Crippen molar-refractivity contribution in [2.24, 2.45) is 4.99 Å². The van der Waals surface area contributed by atoms with Crippen LogP contribution in [0.1, 0.15) is 0 Å². The Morgan fingerprint density at radius 1 is 1.56 bits per heavy atom. The van der Waals surface area contributed by atoms with Crippen molar-refractivity contribution < 1.29 is 23.5 Å². The highest BCUT2D eigenvalue weighted by Crippen LogP contribution is 2.31. The van der Waals surface area contributed by atoms with E-state index in [0.717, 1.165) is 25.3 Å². The standard InChI is InChI=1S/C9H5ClFNO4/c1-15-9(14)16-8-3-7(12-4-13)6(11)2-5(8)10/h2-3H,1H3. The number of ether oxygens (including phenoxy) is 2. The lowest BCUT2D eigenvalue weighted by molar-refractivity contribution is 0.121. The number of hydrogen-bond donors (Lipinski definition) is 0. The molecule has 5 nitrogen and oxygen atoms in total. The number of rotatable bonds is 2. The van der Waals surface area contributed by atoms with Crippen LogP contribution in [0.5, 0.6) is 5.75 Å². The van der Waals surface area contributed by atoms with Crippen molar-refractivity contribution in [2.45, 2.75) is 0 Å². The van der Waals surface area contributed by atoms with Crippen molar-refractivity contribution in [2.75, 3.05) is 7.11 Å². The van der Waals surface area contributed by atoms with E-state index < -0.39 is 12.0 Å². The van der Waals surface area contributed by atoms with Crippen molar-refractivity contribution >= 4 is 29.5 Å². The molecule has 0 atom stereocenters. The van der Waals surface area contributed by atoms with Gasteiger partial charge in [-0.05, 0) is 6.07 Å². The zero-order valence-corrected chi connectivity index (χ0v) is 8.75. The van der Waals surface area contributed by atoms with Crippen molar-refractivity contribution in [3.63, 3.8) is 0 Å². The molecule has 0 bridgehead atoms. The molecule has 1 rings (SSSR count). The molecular formula is C9H5ClFNO4. The first kappa shape index (κ1) is 12.2. The summed E-state index contributed by atoms with van der Waals surface area (Å²) in [4.78, 5) is 23.8. The Hall–Kier alpha value is -1.91. The van der Waals surface area contributed by atoms with E-state index in [-0.39, 0.29) is 16.5 Å². The Bertz CT molecular complexity index is 471. The molecule has 1 aromatic carbocycles. The van der Waals surface area contributed by atoms with E-state index in [1.54, 1.807) is 0 Å². The number of benzene rings is 1. The van der Waals surface area contributed by atoms with Gasteiger partial charge < -0.3 is 9.47 Å². The van der Waals surface area contributed by atoms with Gasteiger partial charge in [-0.3, -0.25) is 0 Å². The lowest BCUT2D eigenvalue weighted by Crippen LogP contribution is -2.07. The van der Waals surface area contributed by atoms with Crippen LogP contribution in [0, 0.1) is 5.82 Å². The highest BCUT2D eigenvalue weighted by molar-refractivity contribution is 6.32. The first-order valence-corrected chi connectivity index (χ1v) is 4.29. The third kappa shape index (κ3) is 2.79. The zero-order chi connectivity index (χ0) is 12.1. The molecule has 0 aliphatic rings. The Labute approximate surface area is 94.4 Å². The number of hydrogen-bond acceptors (Lipinski definition) is 5. The number of halogens is 2. The van der Waals surface area contributed by atoms with E-state index in [1.165, 1.54) is 0 Å². The average Bonchev–Trinajstić information content (AvgIpc) is 2.25. The molecule has 0 radical (unpaired) electrons. The molecule has 1 aromatic rings. The molecule has 0 aliphatic carbocycles. The Morgan fingerprint density at radius 3 is 2.81 bits per heavy atom. The first-order valence-electron chi connectivity index (χ1n) is 3.91. The van der Waals surface area contributed by atoms with Gasteiger partial charge in [0.1, 0.15) is 5.69 Å². The Kier molecular flexibility index (Phi) is 3.99. The maximum absolute atomic E-state index is 13.1. The van der Waals surface area contributed by atoms with Crippen molar-refractivity contribution in [3.05, 3.63) is 23.0 Å². The van der Waals surface area contributed by atoms with Gasteiger partial charge in [0.25, 0.3) is 0 Å². The van der Waals surface area contributed by atoms with E-state index in [4.69, 9.17) is 11.6 Å². The van der Waals surface area contributed by atoms with Gasteiger partial charge in [-0.1, -0.05) is 11.6 Å². The predicted molar refractivity (Wildman–Crippen MR) is 52.2 cm³/mol. The van der Waals surface area contributed by atoms with Crippen molar-refractivity contribution in [1.29, 1.82) is 0 Å². The molecule has 0 N–H and O–H groups in total. The number of nitrogens with zero attached hydrogens (tertiary/aromatic N) is 1. The average molecular weight is 246 g/mol. The molecule has 0 unspecified atom stereocenters. The minimum atomic E-state index is -1.02. The SMILES string of the molecule is COC(=O)Oc1cc(N=C=O)c(F)cc1Cl. The molecule has 16 heavy (non-hydrogen) atoms. The van der Waals surface area contributed by atoms with Crippen LogP contribution in [-0.2, 0) is 9.53 Å². The maximum atomic E-state index is 13.1. The van der Waals surface area contributed by atoms with Crippen LogP contribution in [0.4, 0.5) is 14.9 Å². The quantitative estimate of drug-likeness (QED) is 0.348. The largest absolute Gasteiger partial charge is 0.513 e. The molecule has 0 saturated heterocycles. The third-order valence-corrected chi connectivity index (χ3v) is 1.82. The molecule has 0 fully saturated rings. The molecule has 84 valence electrons. The minimum absolute atomic E-state index is 0.146. The maximum Gasteiger partial charge on any atom is 0.513 e. The molecule has 0 saturated carbocycles. The van der Waals surface area contributed by atoms with Gasteiger partial charge in [0.05, 0.1) is 12.1 Å². The van der Waals surface area contributed by atoms with Crippen LogP contribution in [0.25, 0.3) is 0 Å². The van der Waals surface area contributed by atoms with Crippen molar-refractivity contribution in [1.82, 2.24) is 0 Å². The Balaban J connectivity index is 3.14. The van der Waals surface area contributed by atoms with E-state index in [9.17, 15) is 14.0 Å². The molecule has 0 spiro atoms. The fourth-order valence-electron chi connectivity index (χ4n) is 0.863. The van der Waals surface area contributed by atoms with Crippen molar-refractivity contribution in [3.8, 4) is 5.75 Å². The van der Waals surface area contributed by atoms with Gasteiger partial charge >= 0.3 is 6.16 Å². The number of carbonyl (C=O) groups is 1. The fourth-order valence-corrected chi connectivity index (χ4v) is 1.05. The fraction of sp³-hybridized carbons (Fsp3) is 0.111. The summed E-state index contributed by atoms with van der Waals surface area (Å²) in [5, 5.41) is -0.146. The van der Waals surface area contributed by atoms with E-state index in [1.807, 2.05) is 0 Å². The summed E-state index contributed by atoms with van der Waals surface area (Å²) in [6.07, 6.45) is 0.140. The minimum Gasteiger partial charge on any atom is -0.437 e. The summed E-state index contributed by atoms with van der Waals surface area (Å²) in [5.74, 6) is -0.991. The summed E-state index contributed by atoms with van der Waals surface area (Å²) in [5.41, 5.74) is -0.335. The molecular weight excluding hydrogens is 241 g/mol. The van der Waals surface area contributed by atoms with Gasteiger partial charge in [-0.15, -0.1) is 0 Å². The molecule has 0 aliphatic heterocycles. The third-order valence-electron chi connectivity index (χ3n) is 1.53. The number of carbonyl (C=O) groups excluding carboxylic acids is 2. The van der Waals surface area contributed by atoms with Crippen LogP contribution in [-0.4, -0.2) is 19.3 Å². The summed E-state index contributed by atoms with van der Waals surface area (Å²) >= 11 is 5.59. The van der Waals surface area contributed by atoms with Gasteiger partial charge in [0, 0.05) is 6.07 Å². The smallest absolute Gasteiger partial charge is 0.437 e. The highest BCUT2D eigenvalue weighted by Gasteiger charge is 2.12. The molecule has 7 heteroatoms. The number of methoxy groups -OCH3 is 1. The molecule has 0 amide bonds. The normalized spacial score (nSPS) is 9.19. The second-order valence-corrected chi connectivity index (χ2v) is 2.90. The van der Waals surface area contributed by atoms with Gasteiger partial charge in [0.2, 0.25) is 6.08 Å². The van der Waals surface area contributed by atoms with Gasteiger partial charge in [-0.2, -0.15) is 4.99 Å². The lowest BCUT2D eigenvalue weighted by atomic mass is 10.3. The second-order valence-electron chi connectivity index (χ2n) is 2.49. The first-order chi connectivity index (χ1) is 7.58. The monoisotopic (exact) mass is 245 g/mol. The summed E-state index contributed by atoms with van der Waals surface area (Å²) < 4.78 is 21.9. The van der Waals surface area contributed by atoms with E-state index in [2.05, 4.69) is 14.5 Å². The van der Waals surface area contributed by atoms with Crippen LogP contribution in [0.2, 0.25) is 5.02 Å².